The van der Waals surface area contributed by atoms with Crippen LogP contribution < -0.4 is 5.73 Å². The van der Waals surface area contributed by atoms with Crippen molar-refractivity contribution in [3.8, 4) is 11.8 Å². The summed E-state index contributed by atoms with van der Waals surface area (Å²) in [6.45, 7) is 3.59. The minimum atomic E-state index is -0.947. The second-order valence-corrected chi connectivity index (χ2v) is 5.66. The molecular weight excluding hydrogens is 300 g/mol. The molecule has 0 spiro atoms. The van der Waals surface area contributed by atoms with Gasteiger partial charge in [0.2, 0.25) is 0 Å². The summed E-state index contributed by atoms with van der Waals surface area (Å²) in [6, 6.07) is 9.93. The van der Waals surface area contributed by atoms with E-state index in [1.807, 2.05) is 37.3 Å². The molecule has 1 heterocycles. The number of hydroxylamine groups is 2. The minimum Gasteiger partial charge on any atom is -0.441 e. The fourth-order valence-corrected chi connectivity index (χ4v) is 2.51. The van der Waals surface area contributed by atoms with Gasteiger partial charge in [-0.1, -0.05) is 35.9 Å². The molecule has 22 heavy (non-hydrogen) atoms. The van der Waals surface area contributed by atoms with Crippen molar-refractivity contribution in [2.45, 2.75) is 29.9 Å². The van der Waals surface area contributed by atoms with Gasteiger partial charge in [0.25, 0.3) is 0 Å². The number of nitrogens with two attached hydrogens (primary N) is 1. The first-order chi connectivity index (χ1) is 10.5. The molecule has 5 nitrogen and oxygen atoms in total. The normalized spacial score (nSPS) is 11.4. The van der Waals surface area contributed by atoms with Gasteiger partial charge in [0, 0.05) is 4.90 Å². The van der Waals surface area contributed by atoms with Crippen LogP contribution in [0.2, 0.25) is 0 Å². The third-order valence-electron chi connectivity index (χ3n) is 2.88. The standard InChI is InChI=1S/C16H16N2O3S/c1-11-5-3-4-6-14(11)22-15-10-9-13(21-15)8-7-12(2)18(20)16(17)19/h3-6,9-10,12,20H,1-2H3,(H2,17,19). The first-order valence-electron chi connectivity index (χ1n) is 6.60. The zero-order valence-corrected chi connectivity index (χ0v) is 13.1. The summed E-state index contributed by atoms with van der Waals surface area (Å²) < 4.78 is 5.61. The summed E-state index contributed by atoms with van der Waals surface area (Å²) in [5.41, 5.74) is 6.12. The third kappa shape index (κ3) is 4.07. The number of benzene rings is 1. The quantitative estimate of drug-likeness (QED) is 0.517. The molecule has 114 valence electrons. The highest BCUT2D eigenvalue weighted by Crippen LogP contribution is 2.31. The van der Waals surface area contributed by atoms with E-state index in [9.17, 15) is 10.0 Å². The molecular formula is C16H16N2O3S. The van der Waals surface area contributed by atoms with Crippen molar-refractivity contribution in [2.75, 3.05) is 0 Å². The molecule has 0 aliphatic heterocycles. The minimum absolute atomic E-state index is 0.374. The van der Waals surface area contributed by atoms with Crippen molar-refractivity contribution in [1.82, 2.24) is 5.06 Å². The largest absolute Gasteiger partial charge is 0.441 e. The molecule has 0 radical (unpaired) electrons. The zero-order chi connectivity index (χ0) is 16.1. The number of urea groups is 1. The topological polar surface area (TPSA) is 79.7 Å². The molecule has 1 aromatic carbocycles. The number of furan rings is 1. The van der Waals surface area contributed by atoms with Crippen LogP contribution >= 0.6 is 11.8 Å². The lowest BCUT2D eigenvalue weighted by Gasteiger charge is -2.14. The van der Waals surface area contributed by atoms with Gasteiger partial charge in [0.1, 0.15) is 6.04 Å². The molecule has 1 atom stereocenters. The summed E-state index contributed by atoms with van der Waals surface area (Å²) in [4.78, 5) is 11.9. The van der Waals surface area contributed by atoms with Gasteiger partial charge < -0.3 is 10.2 Å². The van der Waals surface area contributed by atoms with Crippen LogP contribution in [0.15, 0.2) is 50.8 Å². The Morgan fingerprint density at radius 3 is 2.77 bits per heavy atom. The molecule has 0 fully saturated rings. The molecule has 1 aromatic heterocycles. The maximum absolute atomic E-state index is 10.8. The molecule has 6 heteroatoms. The van der Waals surface area contributed by atoms with E-state index in [1.54, 1.807) is 13.0 Å². The second-order valence-electron chi connectivity index (χ2n) is 4.61. The van der Waals surface area contributed by atoms with Crippen molar-refractivity contribution < 1.29 is 14.4 Å². The Hall–Kier alpha value is -2.36. The van der Waals surface area contributed by atoms with E-state index in [4.69, 9.17) is 10.2 Å². The van der Waals surface area contributed by atoms with Crippen LogP contribution in [-0.4, -0.2) is 22.3 Å². The highest BCUT2D eigenvalue weighted by Gasteiger charge is 2.12. The SMILES string of the molecule is Cc1ccccc1Sc1ccc(C#CC(C)N(O)C(N)=O)o1. The lowest BCUT2D eigenvalue weighted by atomic mass is 10.2. The number of amides is 2. The number of hydrogen-bond acceptors (Lipinski definition) is 4. The van der Waals surface area contributed by atoms with Gasteiger partial charge in [0.05, 0.1) is 0 Å². The van der Waals surface area contributed by atoms with Crippen LogP contribution in [0.4, 0.5) is 4.79 Å². The average molecular weight is 316 g/mol. The Bertz CT molecular complexity index is 730. The van der Waals surface area contributed by atoms with E-state index >= 15 is 0 Å². The second kappa shape index (κ2) is 7.07. The molecule has 0 bridgehead atoms. The zero-order valence-electron chi connectivity index (χ0n) is 12.2. The summed E-state index contributed by atoms with van der Waals surface area (Å²) >= 11 is 1.51. The lowest BCUT2D eigenvalue weighted by Crippen LogP contribution is -2.38. The Morgan fingerprint density at radius 2 is 2.09 bits per heavy atom. The first-order valence-corrected chi connectivity index (χ1v) is 7.41. The average Bonchev–Trinajstić information content (AvgIpc) is 2.94. The maximum Gasteiger partial charge on any atom is 0.339 e. The van der Waals surface area contributed by atoms with Crippen LogP contribution in [0.1, 0.15) is 18.2 Å². The van der Waals surface area contributed by atoms with Gasteiger partial charge in [-0.2, -0.15) is 5.06 Å². The van der Waals surface area contributed by atoms with Crippen molar-refractivity contribution in [2.24, 2.45) is 5.73 Å². The molecule has 3 N–H and O–H groups in total. The fraction of sp³-hybridized carbons (Fsp3) is 0.188. The van der Waals surface area contributed by atoms with E-state index < -0.39 is 12.1 Å². The van der Waals surface area contributed by atoms with E-state index in [0.717, 1.165) is 9.99 Å². The van der Waals surface area contributed by atoms with Crippen LogP contribution in [0.25, 0.3) is 0 Å². The Morgan fingerprint density at radius 1 is 1.36 bits per heavy atom. The van der Waals surface area contributed by atoms with Gasteiger partial charge in [0.15, 0.2) is 10.9 Å². The molecule has 1 unspecified atom stereocenters. The molecule has 2 aromatic rings. The van der Waals surface area contributed by atoms with E-state index in [2.05, 4.69) is 11.8 Å². The van der Waals surface area contributed by atoms with Gasteiger partial charge in [-0.05, 0) is 43.5 Å². The number of carbonyl (C=O) groups is 1. The summed E-state index contributed by atoms with van der Waals surface area (Å²) in [6.07, 6.45) is 0. The molecule has 0 saturated heterocycles. The van der Waals surface area contributed by atoms with Crippen LogP contribution in [0.3, 0.4) is 0 Å². The van der Waals surface area contributed by atoms with Gasteiger partial charge >= 0.3 is 6.03 Å². The smallest absolute Gasteiger partial charge is 0.339 e. The van der Waals surface area contributed by atoms with Crippen LogP contribution in [-0.2, 0) is 0 Å². The first kappa shape index (κ1) is 16.0. The van der Waals surface area contributed by atoms with E-state index in [1.165, 1.54) is 17.3 Å². The molecule has 0 saturated carbocycles. The fourth-order valence-electron chi connectivity index (χ4n) is 1.65. The van der Waals surface area contributed by atoms with Crippen molar-refractivity contribution >= 4 is 17.8 Å². The lowest BCUT2D eigenvalue weighted by molar-refractivity contribution is -0.0536. The third-order valence-corrected chi connectivity index (χ3v) is 3.98. The summed E-state index contributed by atoms with van der Waals surface area (Å²) in [7, 11) is 0. The summed E-state index contributed by atoms with van der Waals surface area (Å²) in [5.74, 6) is 5.91. The predicted octanol–water partition coefficient (Wildman–Crippen LogP) is 3.25. The van der Waals surface area contributed by atoms with Crippen LogP contribution in [0, 0.1) is 18.8 Å². The molecule has 0 aliphatic rings. The summed E-state index contributed by atoms with van der Waals surface area (Å²) in [5, 5.41) is 10.4. The Labute approximate surface area is 133 Å². The Balaban J connectivity index is 2.07. The van der Waals surface area contributed by atoms with Crippen molar-refractivity contribution in [1.29, 1.82) is 0 Å². The number of primary amides is 1. The van der Waals surface area contributed by atoms with Gasteiger partial charge in [-0.3, -0.25) is 5.21 Å². The molecule has 2 rings (SSSR count). The number of nitrogens with zero attached hydrogens (tertiary/aromatic N) is 1. The molecule has 2 amide bonds. The highest BCUT2D eigenvalue weighted by molar-refractivity contribution is 7.99. The van der Waals surface area contributed by atoms with Gasteiger partial charge in [-0.25, -0.2) is 4.79 Å². The van der Waals surface area contributed by atoms with Gasteiger partial charge in [-0.15, -0.1) is 0 Å². The number of hydrogen-bond donors (Lipinski definition) is 2. The highest BCUT2D eigenvalue weighted by atomic mass is 32.2. The van der Waals surface area contributed by atoms with E-state index in [0.29, 0.717) is 10.8 Å². The maximum atomic E-state index is 10.8. The number of aryl methyl sites for hydroxylation is 1. The number of rotatable bonds is 3. The Kier molecular flexibility index (Phi) is 5.15. The monoisotopic (exact) mass is 316 g/mol. The van der Waals surface area contributed by atoms with Crippen molar-refractivity contribution in [3.05, 3.63) is 47.7 Å². The molecule has 0 aliphatic carbocycles. The predicted molar refractivity (Wildman–Crippen MR) is 83.6 cm³/mol. The number of carbonyl (C=O) groups excluding carboxylic acids is 1. The van der Waals surface area contributed by atoms with E-state index in [-0.39, 0.29) is 0 Å². The van der Waals surface area contributed by atoms with Crippen LogP contribution in [0.5, 0.6) is 0 Å². The van der Waals surface area contributed by atoms with Crippen molar-refractivity contribution in [3.63, 3.8) is 0 Å².